The van der Waals surface area contributed by atoms with Gasteiger partial charge in [-0.2, -0.15) is 5.21 Å². The van der Waals surface area contributed by atoms with E-state index >= 15 is 0 Å². The number of aromatic amines is 2. The Bertz CT molecular complexity index is 795. The van der Waals surface area contributed by atoms with Gasteiger partial charge in [-0.1, -0.05) is 12.1 Å². The fraction of sp³-hybridized carbons (Fsp3) is 0.143. The van der Waals surface area contributed by atoms with Crippen LogP contribution in [0, 0.1) is 0 Å². The number of rotatable bonds is 4. The molecule has 2 heterocycles. The number of benzene rings is 1. The summed E-state index contributed by atoms with van der Waals surface area (Å²) in [5.41, 5.74) is 1.68. The van der Waals surface area contributed by atoms with Crippen LogP contribution in [0.1, 0.15) is 6.92 Å². The molecule has 0 saturated carbocycles. The molecule has 0 fully saturated rings. The molecule has 0 aliphatic heterocycles. The van der Waals surface area contributed by atoms with Gasteiger partial charge in [0.1, 0.15) is 5.75 Å². The van der Waals surface area contributed by atoms with Crippen LogP contribution in [0.5, 0.6) is 5.75 Å². The Balaban J connectivity index is 1.99. The first-order valence-corrected chi connectivity index (χ1v) is 6.48. The quantitative estimate of drug-likeness (QED) is 0.758. The predicted molar refractivity (Wildman–Crippen MR) is 76.8 cm³/mol. The second kappa shape index (κ2) is 5.58. The van der Waals surface area contributed by atoms with E-state index in [-0.39, 0.29) is 11.4 Å². The van der Waals surface area contributed by atoms with E-state index in [1.54, 1.807) is 12.1 Å². The molecule has 0 spiro atoms. The number of nitrogens with zero attached hydrogens (tertiary/aromatic N) is 3. The molecule has 0 amide bonds. The SMILES string of the molecule is CCOc1cccc(-c2ccc(-c3nn[nH]n3)c(=O)[nH]2)c1. The number of nitrogens with one attached hydrogen (secondary N) is 2. The molecule has 0 saturated heterocycles. The number of aromatic nitrogens is 5. The summed E-state index contributed by atoms with van der Waals surface area (Å²) in [5, 5.41) is 13.4. The van der Waals surface area contributed by atoms with Crippen LogP contribution in [0.3, 0.4) is 0 Å². The summed E-state index contributed by atoms with van der Waals surface area (Å²) in [5.74, 6) is 1.03. The first-order valence-electron chi connectivity index (χ1n) is 6.48. The topological polar surface area (TPSA) is 96.6 Å². The van der Waals surface area contributed by atoms with Crippen molar-refractivity contribution in [1.82, 2.24) is 25.6 Å². The lowest BCUT2D eigenvalue weighted by Gasteiger charge is -2.06. The van der Waals surface area contributed by atoms with Gasteiger partial charge >= 0.3 is 0 Å². The minimum Gasteiger partial charge on any atom is -0.494 e. The average Bonchev–Trinajstić information content (AvgIpc) is 3.02. The van der Waals surface area contributed by atoms with Gasteiger partial charge in [-0.25, -0.2) is 0 Å². The fourth-order valence-electron chi connectivity index (χ4n) is 2.01. The zero-order valence-corrected chi connectivity index (χ0v) is 11.3. The van der Waals surface area contributed by atoms with Crippen molar-refractivity contribution in [3.63, 3.8) is 0 Å². The van der Waals surface area contributed by atoms with Gasteiger partial charge in [-0.3, -0.25) is 4.79 Å². The third-order valence-corrected chi connectivity index (χ3v) is 2.95. The lowest BCUT2D eigenvalue weighted by Crippen LogP contribution is -2.10. The van der Waals surface area contributed by atoms with Crippen molar-refractivity contribution in [2.75, 3.05) is 6.61 Å². The van der Waals surface area contributed by atoms with E-state index in [9.17, 15) is 4.79 Å². The molecular weight excluding hydrogens is 270 g/mol. The van der Waals surface area contributed by atoms with Gasteiger partial charge in [0.25, 0.3) is 5.56 Å². The zero-order chi connectivity index (χ0) is 14.7. The maximum Gasteiger partial charge on any atom is 0.259 e. The van der Waals surface area contributed by atoms with Gasteiger partial charge in [-0.15, -0.1) is 10.2 Å². The molecular formula is C14H13N5O2. The first kappa shape index (κ1) is 13.0. The van der Waals surface area contributed by atoms with Crippen LogP contribution < -0.4 is 10.3 Å². The number of tetrazole rings is 1. The maximum atomic E-state index is 12.1. The molecule has 106 valence electrons. The highest BCUT2D eigenvalue weighted by molar-refractivity contribution is 5.64. The van der Waals surface area contributed by atoms with Gasteiger partial charge in [0, 0.05) is 11.3 Å². The van der Waals surface area contributed by atoms with Gasteiger partial charge in [0.05, 0.1) is 12.2 Å². The lowest BCUT2D eigenvalue weighted by atomic mass is 10.1. The van der Waals surface area contributed by atoms with Crippen molar-refractivity contribution in [1.29, 1.82) is 0 Å². The summed E-state index contributed by atoms with van der Waals surface area (Å²) >= 11 is 0. The van der Waals surface area contributed by atoms with Crippen LogP contribution in [0.2, 0.25) is 0 Å². The number of ether oxygens (including phenoxy) is 1. The summed E-state index contributed by atoms with van der Waals surface area (Å²) in [7, 11) is 0. The second-order valence-electron chi connectivity index (χ2n) is 4.31. The third-order valence-electron chi connectivity index (χ3n) is 2.95. The molecule has 3 rings (SSSR count). The molecule has 0 unspecified atom stereocenters. The Morgan fingerprint density at radius 3 is 2.86 bits per heavy atom. The largest absolute Gasteiger partial charge is 0.494 e. The van der Waals surface area contributed by atoms with Crippen molar-refractivity contribution >= 4 is 0 Å². The maximum absolute atomic E-state index is 12.1. The summed E-state index contributed by atoms with van der Waals surface area (Å²) < 4.78 is 5.46. The van der Waals surface area contributed by atoms with E-state index in [4.69, 9.17) is 4.74 Å². The molecule has 0 aliphatic rings. The normalized spacial score (nSPS) is 10.5. The highest BCUT2D eigenvalue weighted by Gasteiger charge is 2.09. The van der Waals surface area contributed by atoms with Crippen LogP contribution in [-0.4, -0.2) is 32.2 Å². The monoisotopic (exact) mass is 283 g/mol. The molecule has 21 heavy (non-hydrogen) atoms. The van der Waals surface area contributed by atoms with Crippen molar-refractivity contribution < 1.29 is 4.74 Å². The predicted octanol–water partition coefficient (Wildman–Crippen LogP) is 1.62. The first-order chi connectivity index (χ1) is 10.3. The molecule has 2 aromatic heterocycles. The summed E-state index contributed by atoms with van der Waals surface area (Å²) in [4.78, 5) is 14.9. The molecule has 7 nitrogen and oxygen atoms in total. The van der Waals surface area contributed by atoms with Gasteiger partial charge in [-0.05, 0) is 36.4 Å². The fourth-order valence-corrected chi connectivity index (χ4v) is 2.01. The Kier molecular flexibility index (Phi) is 3.46. The van der Waals surface area contributed by atoms with Crippen molar-refractivity contribution in [2.45, 2.75) is 6.92 Å². The molecule has 1 aromatic carbocycles. The summed E-state index contributed by atoms with van der Waals surface area (Å²) in [6.45, 7) is 2.52. The number of pyridine rings is 1. The smallest absolute Gasteiger partial charge is 0.259 e. The van der Waals surface area contributed by atoms with E-state index in [1.807, 2.05) is 31.2 Å². The van der Waals surface area contributed by atoms with E-state index in [0.717, 1.165) is 11.3 Å². The standard InChI is InChI=1S/C14H13N5O2/c1-2-21-10-5-3-4-9(8-10)12-7-6-11(14(20)15-12)13-16-18-19-17-13/h3-8H,2H2,1H3,(H,15,20)(H,16,17,18,19). The Morgan fingerprint density at radius 2 is 2.14 bits per heavy atom. The van der Waals surface area contributed by atoms with E-state index in [2.05, 4.69) is 25.6 Å². The van der Waals surface area contributed by atoms with Crippen molar-refractivity contribution in [3.05, 3.63) is 46.8 Å². The second-order valence-corrected chi connectivity index (χ2v) is 4.31. The van der Waals surface area contributed by atoms with Crippen LogP contribution >= 0.6 is 0 Å². The van der Waals surface area contributed by atoms with Crippen molar-refractivity contribution in [3.8, 4) is 28.4 Å². The Labute approximate surface area is 120 Å². The number of H-pyrrole nitrogens is 2. The number of hydrogen-bond acceptors (Lipinski definition) is 5. The van der Waals surface area contributed by atoms with Crippen molar-refractivity contribution in [2.24, 2.45) is 0 Å². The molecule has 0 bridgehead atoms. The van der Waals surface area contributed by atoms with Crippen LogP contribution in [0.25, 0.3) is 22.6 Å². The minimum absolute atomic E-state index is 0.268. The lowest BCUT2D eigenvalue weighted by molar-refractivity contribution is 0.340. The van der Waals surface area contributed by atoms with Gasteiger partial charge < -0.3 is 9.72 Å². The zero-order valence-electron chi connectivity index (χ0n) is 11.3. The average molecular weight is 283 g/mol. The van der Waals surface area contributed by atoms with E-state index in [1.165, 1.54) is 0 Å². The highest BCUT2D eigenvalue weighted by Crippen LogP contribution is 2.22. The van der Waals surface area contributed by atoms with Crippen LogP contribution in [-0.2, 0) is 0 Å². The third kappa shape index (κ3) is 2.66. The molecule has 7 heteroatoms. The molecule has 3 aromatic rings. The highest BCUT2D eigenvalue weighted by atomic mass is 16.5. The van der Waals surface area contributed by atoms with Crippen LogP contribution in [0.15, 0.2) is 41.2 Å². The molecule has 0 atom stereocenters. The van der Waals surface area contributed by atoms with Gasteiger partial charge in [0.2, 0.25) is 5.82 Å². The van der Waals surface area contributed by atoms with E-state index < -0.39 is 0 Å². The summed E-state index contributed by atoms with van der Waals surface area (Å²) in [6.07, 6.45) is 0. The van der Waals surface area contributed by atoms with Crippen LogP contribution in [0.4, 0.5) is 0 Å². The minimum atomic E-state index is -0.268. The molecule has 0 aliphatic carbocycles. The molecule has 2 N–H and O–H groups in total. The summed E-state index contributed by atoms with van der Waals surface area (Å²) in [6, 6.07) is 11.0. The molecule has 0 radical (unpaired) electrons. The number of hydrogen-bond donors (Lipinski definition) is 2. The van der Waals surface area contributed by atoms with E-state index in [0.29, 0.717) is 17.9 Å². The Hall–Kier alpha value is -2.96. The van der Waals surface area contributed by atoms with Gasteiger partial charge in [0.15, 0.2) is 0 Å². The Morgan fingerprint density at radius 1 is 1.24 bits per heavy atom.